The second kappa shape index (κ2) is 9.14. The maximum atomic E-state index is 12.0. The lowest BCUT2D eigenvalue weighted by Gasteiger charge is -2.08. The van der Waals surface area contributed by atoms with Crippen molar-refractivity contribution >= 4 is 23.4 Å². The number of nitro groups is 1. The number of rotatable bonds is 8. The van der Waals surface area contributed by atoms with Crippen LogP contribution in [0.2, 0.25) is 0 Å². The zero-order valence-corrected chi connectivity index (χ0v) is 16.0. The first-order valence-corrected chi connectivity index (χ1v) is 9.47. The molecule has 2 aromatic carbocycles. The number of aromatic nitrogens is 3. The van der Waals surface area contributed by atoms with Crippen molar-refractivity contribution in [2.45, 2.75) is 25.2 Å². The van der Waals surface area contributed by atoms with Crippen LogP contribution in [0.3, 0.4) is 0 Å². The Balaban J connectivity index is 1.53. The summed E-state index contributed by atoms with van der Waals surface area (Å²) in [6, 6.07) is 15.8. The Morgan fingerprint density at radius 3 is 2.50 bits per heavy atom. The highest BCUT2D eigenvalue weighted by molar-refractivity contribution is 7.99. The Labute approximate surface area is 165 Å². The SMILES string of the molecule is Cc1nnc(SCC(=O)OCc2ccc([N+](=O)[O-])cc2)n1Cc1ccccc1. The molecule has 1 aromatic heterocycles. The van der Waals surface area contributed by atoms with Gasteiger partial charge in [-0.25, -0.2) is 0 Å². The number of carbonyl (C=O) groups excluding carboxylic acids is 1. The summed E-state index contributed by atoms with van der Waals surface area (Å²) >= 11 is 1.26. The summed E-state index contributed by atoms with van der Waals surface area (Å²) in [5.41, 5.74) is 1.80. The molecule has 0 atom stereocenters. The van der Waals surface area contributed by atoms with Crippen LogP contribution in [0.5, 0.6) is 0 Å². The first-order valence-electron chi connectivity index (χ1n) is 8.48. The summed E-state index contributed by atoms with van der Waals surface area (Å²) in [7, 11) is 0. The number of thioether (sulfide) groups is 1. The second-order valence-corrected chi connectivity index (χ2v) is 6.92. The summed E-state index contributed by atoms with van der Waals surface area (Å²) in [5.74, 6) is 0.473. The average Bonchev–Trinajstić information content (AvgIpc) is 3.05. The van der Waals surface area contributed by atoms with Gasteiger partial charge in [-0.2, -0.15) is 0 Å². The zero-order valence-electron chi connectivity index (χ0n) is 15.1. The molecule has 0 amide bonds. The smallest absolute Gasteiger partial charge is 0.316 e. The van der Waals surface area contributed by atoms with Crippen LogP contribution in [0, 0.1) is 17.0 Å². The van der Waals surface area contributed by atoms with Crippen molar-refractivity contribution in [3.8, 4) is 0 Å². The van der Waals surface area contributed by atoms with Gasteiger partial charge < -0.3 is 9.30 Å². The minimum atomic E-state index is -0.472. The molecule has 0 spiro atoms. The number of carbonyl (C=O) groups is 1. The lowest BCUT2D eigenvalue weighted by molar-refractivity contribution is -0.384. The van der Waals surface area contributed by atoms with E-state index in [1.54, 1.807) is 12.1 Å². The van der Waals surface area contributed by atoms with Crippen LogP contribution in [-0.2, 0) is 22.7 Å². The Morgan fingerprint density at radius 1 is 1.11 bits per heavy atom. The van der Waals surface area contributed by atoms with E-state index in [-0.39, 0.29) is 18.0 Å². The van der Waals surface area contributed by atoms with Gasteiger partial charge in [0.25, 0.3) is 5.69 Å². The Bertz CT molecular complexity index is 958. The molecule has 0 radical (unpaired) electrons. The summed E-state index contributed by atoms with van der Waals surface area (Å²) < 4.78 is 7.18. The van der Waals surface area contributed by atoms with E-state index in [1.165, 1.54) is 23.9 Å². The predicted octanol–water partition coefficient (Wildman–Crippen LogP) is 3.38. The van der Waals surface area contributed by atoms with E-state index in [9.17, 15) is 14.9 Å². The lowest BCUT2D eigenvalue weighted by atomic mass is 10.2. The molecular weight excluding hydrogens is 380 g/mol. The molecule has 0 fully saturated rings. The summed E-state index contributed by atoms with van der Waals surface area (Å²) in [6.07, 6.45) is 0. The Kier molecular flexibility index (Phi) is 6.38. The maximum Gasteiger partial charge on any atom is 0.316 e. The second-order valence-electron chi connectivity index (χ2n) is 5.97. The van der Waals surface area contributed by atoms with Crippen LogP contribution in [0.1, 0.15) is 17.0 Å². The minimum Gasteiger partial charge on any atom is -0.460 e. The highest BCUT2D eigenvalue weighted by Gasteiger charge is 2.13. The van der Waals surface area contributed by atoms with E-state index in [2.05, 4.69) is 10.2 Å². The van der Waals surface area contributed by atoms with Gasteiger partial charge in [0.1, 0.15) is 12.4 Å². The van der Waals surface area contributed by atoms with Crippen molar-refractivity contribution in [3.05, 3.63) is 81.7 Å². The van der Waals surface area contributed by atoms with Crippen molar-refractivity contribution in [1.29, 1.82) is 0 Å². The summed E-state index contributed by atoms with van der Waals surface area (Å²) in [6.45, 7) is 2.56. The van der Waals surface area contributed by atoms with Gasteiger partial charge in [-0.1, -0.05) is 42.1 Å². The molecule has 0 bridgehead atoms. The Hall–Kier alpha value is -3.20. The number of nitro benzene ring substituents is 1. The quantitative estimate of drug-likeness (QED) is 0.248. The third-order valence-corrected chi connectivity index (χ3v) is 4.89. The number of benzene rings is 2. The van der Waals surface area contributed by atoms with E-state index in [0.29, 0.717) is 17.3 Å². The Morgan fingerprint density at radius 2 is 1.82 bits per heavy atom. The molecule has 8 nitrogen and oxygen atoms in total. The topological polar surface area (TPSA) is 100 Å². The molecule has 144 valence electrons. The normalized spacial score (nSPS) is 10.6. The number of esters is 1. The van der Waals surface area contributed by atoms with Gasteiger partial charge in [-0.15, -0.1) is 10.2 Å². The minimum absolute atomic E-state index is 0.00115. The van der Waals surface area contributed by atoms with Gasteiger partial charge in [0, 0.05) is 12.1 Å². The molecule has 0 saturated heterocycles. The van der Waals surface area contributed by atoms with Crippen LogP contribution in [0.15, 0.2) is 59.8 Å². The van der Waals surface area contributed by atoms with Crippen molar-refractivity contribution in [2.75, 3.05) is 5.75 Å². The van der Waals surface area contributed by atoms with E-state index < -0.39 is 10.9 Å². The molecule has 0 aliphatic carbocycles. The summed E-state index contributed by atoms with van der Waals surface area (Å²) in [4.78, 5) is 22.2. The largest absolute Gasteiger partial charge is 0.460 e. The monoisotopic (exact) mass is 398 g/mol. The van der Waals surface area contributed by atoms with Crippen molar-refractivity contribution in [1.82, 2.24) is 14.8 Å². The van der Waals surface area contributed by atoms with E-state index in [0.717, 1.165) is 11.4 Å². The van der Waals surface area contributed by atoms with Gasteiger partial charge in [0.2, 0.25) is 0 Å². The van der Waals surface area contributed by atoms with Gasteiger partial charge in [-0.05, 0) is 30.2 Å². The summed E-state index contributed by atoms with van der Waals surface area (Å²) in [5, 5.41) is 19.5. The molecule has 0 aliphatic heterocycles. The van der Waals surface area contributed by atoms with Crippen LogP contribution >= 0.6 is 11.8 Å². The zero-order chi connectivity index (χ0) is 19.9. The number of hydrogen-bond acceptors (Lipinski definition) is 7. The molecule has 3 aromatic rings. The molecule has 0 N–H and O–H groups in total. The fraction of sp³-hybridized carbons (Fsp3) is 0.211. The highest BCUT2D eigenvalue weighted by Crippen LogP contribution is 2.19. The molecular formula is C19H18N4O4S. The standard InChI is InChI=1S/C19H18N4O4S/c1-14-20-21-19(22(14)11-15-5-3-2-4-6-15)28-13-18(24)27-12-16-7-9-17(10-8-16)23(25)26/h2-10H,11-13H2,1H3. The first kappa shape index (κ1) is 19.6. The number of hydrogen-bond donors (Lipinski definition) is 0. The molecule has 0 saturated carbocycles. The number of non-ortho nitro benzene ring substituents is 1. The molecule has 3 rings (SSSR count). The molecule has 0 unspecified atom stereocenters. The highest BCUT2D eigenvalue weighted by atomic mass is 32.2. The van der Waals surface area contributed by atoms with Crippen LogP contribution in [0.25, 0.3) is 0 Å². The van der Waals surface area contributed by atoms with Gasteiger partial charge >= 0.3 is 5.97 Å². The number of nitrogens with zero attached hydrogens (tertiary/aromatic N) is 4. The number of aryl methyl sites for hydroxylation is 1. The molecule has 0 aliphatic rings. The average molecular weight is 398 g/mol. The van der Waals surface area contributed by atoms with Crippen LogP contribution < -0.4 is 0 Å². The third kappa shape index (κ3) is 5.17. The molecule has 1 heterocycles. The molecule has 9 heteroatoms. The van der Waals surface area contributed by atoms with Gasteiger partial charge in [-0.3, -0.25) is 14.9 Å². The van der Waals surface area contributed by atoms with Crippen LogP contribution in [0.4, 0.5) is 5.69 Å². The van der Waals surface area contributed by atoms with Crippen molar-refractivity contribution in [3.63, 3.8) is 0 Å². The fourth-order valence-electron chi connectivity index (χ4n) is 2.46. The van der Waals surface area contributed by atoms with E-state index in [1.807, 2.05) is 41.8 Å². The van der Waals surface area contributed by atoms with E-state index in [4.69, 9.17) is 4.74 Å². The fourth-order valence-corrected chi connectivity index (χ4v) is 3.24. The number of ether oxygens (including phenoxy) is 1. The third-order valence-electron chi connectivity index (χ3n) is 3.95. The van der Waals surface area contributed by atoms with Crippen molar-refractivity contribution in [2.24, 2.45) is 0 Å². The lowest BCUT2D eigenvalue weighted by Crippen LogP contribution is -2.09. The van der Waals surface area contributed by atoms with Crippen LogP contribution in [-0.4, -0.2) is 31.4 Å². The van der Waals surface area contributed by atoms with Crippen molar-refractivity contribution < 1.29 is 14.5 Å². The predicted molar refractivity (Wildman–Crippen MR) is 104 cm³/mol. The van der Waals surface area contributed by atoms with Gasteiger partial charge in [0.05, 0.1) is 17.2 Å². The molecule has 28 heavy (non-hydrogen) atoms. The van der Waals surface area contributed by atoms with E-state index >= 15 is 0 Å². The maximum absolute atomic E-state index is 12.0. The first-order chi connectivity index (χ1) is 13.5. The van der Waals surface area contributed by atoms with Gasteiger partial charge in [0.15, 0.2) is 5.16 Å².